The fourth-order valence-corrected chi connectivity index (χ4v) is 5.76. The molecule has 0 spiro atoms. The van der Waals surface area contributed by atoms with Crippen LogP contribution in [-0.2, 0) is 19.6 Å². The molecule has 2 aliphatic rings. The van der Waals surface area contributed by atoms with Crippen LogP contribution in [0.4, 0.5) is 20.3 Å². The van der Waals surface area contributed by atoms with Crippen molar-refractivity contribution in [1.29, 1.82) is 0 Å². The second-order valence-corrected chi connectivity index (χ2v) is 10.2. The summed E-state index contributed by atoms with van der Waals surface area (Å²) in [6, 6.07) is 15.5. The van der Waals surface area contributed by atoms with Crippen molar-refractivity contribution in [2.45, 2.75) is 38.5 Å². The lowest BCUT2D eigenvalue weighted by molar-refractivity contribution is 0.158. The predicted molar refractivity (Wildman–Crippen MR) is 148 cm³/mol. The van der Waals surface area contributed by atoms with Gasteiger partial charge in [-0.25, -0.2) is 9.37 Å². The first kappa shape index (κ1) is 25.3. The zero-order valence-corrected chi connectivity index (χ0v) is 21.9. The molecule has 2 aromatic carbocycles. The number of halogens is 2. The molecule has 0 bridgehead atoms. The van der Waals surface area contributed by atoms with E-state index in [1.165, 1.54) is 0 Å². The molecule has 1 unspecified atom stereocenters. The maximum atomic E-state index is 14.5. The van der Waals surface area contributed by atoms with Crippen LogP contribution in [0.3, 0.4) is 0 Å². The fraction of sp³-hybridized carbons (Fsp3) is 0.333. The van der Waals surface area contributed by atoms with Crippen LogP contribution in [0.5, 0.6) is 5.75 Å². The molecule has 4 heterocycles. The number of benzene rings is 2. The van der Waals surface area contributed by atoms with E-state index in [1.54, 1.807) is 6.20 Å². The van der Waals surface area contributed by atoms with Gasteiger partial charge in [-0.1, -0.05) is 30.3 Å². The number of hydrogen-bond acceptors (Lipinski definition) is 6. The minimum absolute atomic E-state index is 0.154. The quantitative estimate of drug-likeness (QED) is 0.371. The van der Waals surface area contributed by atoms with Crippen LogP contribution in [0.25, 0.3) is 10.9 Å². The molecule has 202 valence electrons. The average molecular weight is 532 g/mol. The molecule has 0 saturated carbocycles. The standard InChI is InChI=1S/C30H31F2N5O2/c1-33-26-10-9-22(15-34-26)35-11-5-8-23(19-35)37(16-20-6-3-2-4-7-20)18-21-17-36-12-13-39-30-27(32)25(31)14-24(28(30)36)29(21)38/h2-4,6-7,9-10,14-15,17,23H,5,8,11-13,16,18-19H2,1H3,(H,33,34). The Morgan fingerprint density at radius 3 is 2.74 bits per heavy atom. The number of nitrogens with one attached hydrogen (secondary N) is 1. The van der Waals surface area contributed by atoms with E-state index in [2.05, 4.69) is 38.3 Å². The van der Waals surface area contributed by atoms with E-state index in [4.69, 9.17) is 4.74 Å². The lowest BCUT2D eigenvalue weighted by Gasteiger charge is -2.40. The largest absolute Gasteiger partial charge is 0.486 e. The third-order valence-corrected chi connectivity index (χ3v) is 7.75. The molecule has 2 aliphatic heterocycles. The van der Waals surface area contributed by atoms with Gasteiger partial charge >= 0.3 is 0 Å². The molecule has 7 nitrogen and oxygen atoms in total. The van der Waals surface area contributed by atoms with Gasteiger partial charge in [0.1, 0.15) is 12.4 Å². The van der Waals surface area contributed by atoms with Crippen LogP contribution in [0.2, 0.25) is 0 Å². The molecule has 9 heteroatoms. The van der Waals surface area contributed by atoms with Gasteiger partial charge in [-0.15, -0.1) is 0 Å². The van der Waals surface area contributed by atoms with Crippen molar-refractivity contribution in [3.05, 3.63) is 93.9 Å². The Kier molecular flexibility index (Phi) is 6.91. The fourth-order valence-electron chi connectivity index (χ4n) is 5.76. The minimum atomic E-state index is -1.07. The molecule has 1 saturated heterocycles. The van der Waals surface area contributed by atoms with Gasteiger partial charge in [0, 0.05) is 51.0 Å². The van der Waals surface area contributed by atoms with Gasteiger partial charge in [-0.05, 0) is 36.6 Å². The van der Waals surface area contributed by atoms with E-state index in [0.29, 0.717) is 30.7 Å². The van der Waals surface area contributed by atoms with E-state index in [0.717, 1.165) is 49.1 Å². The molecular weight excluding hydrogens is 500 g/mol. The van der Waals surface area contributed by atoms with Crippen LogP contribution >= 0.6 is 0 Å². The number of ether oxygens (including phenoxy) is 1. The summed E-state index contributed by atoms with van der Waals surface area (Å²) in [5, 5.41) is 3.21. The average Bonchev–Trinajstić information content (AvgIpc) is 2.98. The number of aromatic nitrogens is 2. The Hall–Kier alpha value is -3.98. The molecule has 4 aromatic rings. The summed E-state index contributed by atoms with van der Waals surface area (Å²) in [5.41, 5.74) is 2.82. The Bertz CT molecular complexity index is 1540. The predicted octanol–water partition coefficient (Wildman–Crippen LogP) is 4.78. The van der Waals surface area contributed by atoms with Crippen molar-refractivity contribution in [2.24, 2.45) is 0 Å². The molecule has 2 aromatic heterocycles. The Morgan fingerprint density at radius 1 is 1.13 bits per heavy atom. The third-order valence-electron chi connectivity index (χ3n) is 7.75. The second kappa shape index (κ2) is 10.6. The Labute approximate surface area is 225 Å². The lowest BCUT2D eigenvalue weighted by atomic mass is 10.0. The number of nitrogens with zero attached hydrogens (tertiary/aromatic N) is 4. The molecule has 0 aliphatic carbocycles. The van der Waals surface area contributed by atoms with Gasteiger partial charge in [0.15, 0.2) is 17.0 Å². The number of hydrogen-bond donors (Lipinski definition) is 1. The van der Waals surface area contributed by atoms with E-state index < -0.39 is 11.6 Å². The van der Waals surface area contributed by atoms with Crippen molar-refractivity contribution >= 4 is 22.4 Å². The monoisotopic (exact) mass is 531 g/mol. The first-order chi connectivity index (χ1) is 19.0. The summed E-state index contributed by atoms with van der Waals surface area (Å²) in [4.78, 5) is 22.8. The summed E-state index contributed by atoms with van der Waals surface area (Å²) in [6.07, 6.45) is 5.69. The lowest BCUT2D eigenvalue weighted by Crippen LogP contribution is -2.48. The molecule has 6 rings (SSSR count). The van der Waals surface area contributed by atoms with Gasteiger partial charge in [-0.2, -0.15) is 4.39 Å². The van der Waals surface area contributed by atoms with Crippen LogP contribution < -0.4 is 20.4 Å². The van der Waals surface area contributed by atoms with Gasteiger partial charge < -0.3 is 19.5 Å². The molecule has 1 N–H and O–H groups in total. The second-order valence-electron chi connectivity index (χ2n) is 10.2. The smallest absolute Gasteiger partial charge is 0.202 e. The number of anilines is 2. The van der Waals surface area contributed by atoms with E-state index in [-0.39, 0.29) is 29.2 Å². The Morgan fingerprint density at radius 2 is 1.97 bits per heavy atom. The molecule has 1 atom stereocenters. The van der Waals surface area contributed by atoms with Crippen molar-refractivity contribution in [1.82, 2.24) is 14.5 Å². The number of piperidine rings is 1. The number of pyridine rings is 2. The Balaban J connectivity index is 1.35. The van der Waals surface area contributed by atoms with Gasteiger partial charge in [0.25, 0.3) is 0 Å². The first-order valence-corrected chi connectivity index (χ1v) is 13.4. The van der Waals surface area contributed by atoms with Crippen LogP contribution in [0.1, 0.15) is 24.0 Å². The maximum absolute atomic E-state index is 14.5. The van der Waals surface area contributed by atoms with E-state index in [1.807, 2.05) is 42.1 Å². The zero-order valence-electron chi connectivity index (χ0n) is 21.9. The van der Waals surface area contributed by atoms with Gasteiger partial charge in [0.2, 0.25) is 5.82 Å². The van der Waals surface area contributed by atoms with Crippen molar-refractivity contribution < 1.29 is 13.5 Å². The summed E-state index contributed by atoms with van der Waals surface area (Å²) < 4.78 is 36.1. The maximum Gasteiger partial charge on any atom is 0.202 e. The van der Waals surface area contributed by atoms with Crippen LogP contribution in [-0.4, -0.2) is 47.2 Å². The van der Waals surface area contributed by atoms with E-state index in [9.17, 15) is 13.6 Å². The van der Waals surface area contributed by atoms with Crippen LogP contribution in [0.15, 0.2) is 65.7 Å². The molecule has 1 fully saturated rings. The van der Waals surface area contributed by atoms with Crippen LogP contribution in [0, 0.1) is 11.6 Å². The van der Waals surface area contributed by atoms with Gasteiger partial charge in [0.05, 0.1) is 29.3 Å². The molecule has 39 heavy (non-hydrogen) atoms. The molecule has 0 amide bonds. The van der Waals surface area contributed by atoms with Crippen molar-refractivity contribution in [3.8, 4) is 5.75 Å². The summed E-state index contributed by atoms with van der Waals surface area (Å²) >= 11 is 0. The molecule has 0 radical (unpaired) electrons. The highest BCUT2D eigenvalue weighted by molar-refractivity contribution is 5.86. The summed E-state index contributed by atoms with van der Waals surface area (Å²) in [5.74, 6) is -1.47. The van der Waals surface area contributed by atoms with Crippen molar-refractivity contribution in [3.63, 3.8) is 0 Å². The highest BCUT2D eigenvalue weighted by Gasteiger charge is 2.29. The zero-order chi connectivity index (χ0) is 26.9. The highest BCUT2D eigenvalue weighted by atomic mass is 19.2. The van der Waals surface area contributed by atoms with Crippen molar-refractivity contribution in [2.75, 3.05) is 37.0 Å². The molecular formula is C30H31F2N5O2. The highest BCUT2D eigenvalue weighted by Crippen LogP contribution is 2.33. The summed E-state index contributed by atoms with van der Waals surface area (Å²) in [6.45, 7) is 3.48. The minimum Gasteiger partial charge on any atom is -0.486 e. The normalized spacial score (nSPS) is 16.9. The third kappa shape index (κ3) is 4.94. The van der Waals surface area contributed by atoms with E-state index >= 15 is 0 Å². The topological polar surface area (TPSA) is 62.6 Å². The summed E-state index contributed by atoms with van der Waals surface area (Å²) in [7, 11) is 1.85. The number of rotatable bonds is 7. The van der Waals surface area contributed by atoms with Gasteiger partial charge in [-0.3, -0.25) is 9.69 Å². The SMILES string of the molecule is CNc1ccc(N2CCCC(N(Cc3ccccc3)Cc3cn4c5c(c(F)c(F)cc5c3=O)OCC4)C2)cn1. The first-order valence-electron chi connectivity index (χ1n) is 13.4.